The number of hydrogen-bond acceptors (Lipinski definition) is 5. The Kier molecular flexibility index (Phi) is 4.46. The molecule has 0 aliphatic carbocycles. The molecule has 0 saturated carbocycles. The van der Waals surface area contributed by atoms with Crippen molar-refractivity contribution in [3.8, 4) is 0 Å². The Morgan fingerprint density at radius 2 is 1.92 bits per heavy atom. The summed E-state index contributed by atoms with van der Waals surface area (Å²) >= 11 is 0. The summed E-state index contributed by atoms with van der Waals surface area (Å²) < 4.78 is 0. The molecule has 132 valence electrons. The standard InChI is InChI=1S/C20H26N4O/c1-24-10-7-20(25,8-11-24)17-2-4-18(5-3-17)23-19-12-16-13-21-9-6-15(16)14-22-19/h2-5,12,14,21,25H,6-11,13H2,1H3,(H,22,23). The van der Waals surface area contributed by atoms with Crippen molar-refractivity contribution >= 4 is 11.5 Å². The van der Waals surface area contributed by atoms with Crippen LogP contribution in [-0.2, 0) is 18.6 Å². The molecule has 5 heteroatoms. The Labute approximate surface area is 149 Å². The van der Waals surface area contributed by atoms with E-state index >= 15 is 0 Å². The van der Waals surface area contributed by atoms with E-state index in [4.69, 9.17) is 0 Å². The highest BCUT2D eigenvalue weighted by molar-refractivity contribution is 5.58. The van der Waals surface area contributed by atoms with Crippen molar-refractivity contribution in [2.45, 2.75) is 31.4 Å². The van der Waals surface area contributed by atoms with Crippen molar-refractivity contribution in [2.75, 3.05) is 32.0 Å². The summed E-state index contributed by atoms with van der Waals surface area (Å²) in [6, 6.07) is 10.3. The number of anilines is 2. The normalized spacial score (nSPS) is 20.1. The minimum absolute atomic E-state index is 0.694. The van der Waals surface area contributed by atoms with Gasteiger partial charge < -0.3 is 20.6 Å². The van der Waals surface area contributed by atoms with E-state index in [9.17, 15) is 5.11 Å². The van der Waals surface area contributed by atoms with Crippen LogP contribution in [0, 0.1) is 0 Å². The Morgan fingerprint density at radius 1 is 1.16 bits per heavy atom. The van der Waals surface area contributed by atoms with Gasteiger partial charge in [-0.05, 0) is 67.7 Å². The van der Waals surface area contributed by atoms with Crippen LogP contribution in [0.25, 0.3) is 0 Å². The molecule has 1 aromatic carbocycles. The van der Waals surface area contributed by atoms with Gasteiger partial charge in [0.25, 0.3) is 0 Å². The second-order valence-corrected chi connectivity index (χ2v) is 7.30. The fraction of sp³-hybridized carbons (Fsp3) is 0.450. The van der Waals surface area contributed by atoms with E-state index in [1.165, 1.54) is 11.1 Å². The maximum atomic E-state index is 10.9. The number of benzene rings is 1. The molecule has 1 saturated heterocycles. The lowest BCUT2D eigenvalue weighted by molar-refractivity contribution is -0.0202. The van der Waals surface area contributed by atoms with Crippen LogP contribution in [0.3, 0.4) is 0 Å². The zero-order valence-corrected chi connectivity index (χ0v) is 14.8. The summed E-state index contributed by atoms with van der Waals surface area (Å²) in [5.41, 5.74) is 3.97. The summed E-state index contributed by atoms with van der Waals surface area (Å²) in [6.45, 7) is 3.81. The highest BCUT2D eigenvalue weighted by atomic mass is 16.3. The van der Waals surface area contributed by atoms with Gasteiger partial charge >= 0.3 is 0 Å². The Hall–Kier alpha value is -1.95. The van der Waals surface area contributed by atoms with E-state index in [1.54, 1.807) is 0 Å². The van der Waals surface area contributed by atoms with Crippen LogP contribution in [0.5, 0.6) is 0 Å². The average molecular weight is 338 g/mol. The van der Waals surface area contributed by atoms with Gasteiger partial charge in [0.1, 0.15) is 5.82 Å². The molecule has 0 bridgehead atoms. The van der Waals surface area contributed by atoms with E-state index < -0.39 is 5.60 Å². The molecule has 25 heavy (non-hydrogen) atoms. The van der Waals surface area contributed by atoms with Gasteiger partial charge in [-0.1, -0.05) is 12.1 Å². The molecule has 0 unspecified atom stereocenters. The fourth-order valence-electron chi connectivity index (χ4n) is 3.72. The Balaban J connectivity index is 1.47. The van der Waals surface area contributed by atoms with Gasteiger partial charge in [0, 0.05) is 31.5 Å². The van der Waals surface area contributed by atoms with Crippen molar-refractivity contribution in [1.82, 2.24) is 15.2 Å². The molecule has 2 aromatic rings. The lowest BCUT2D eigenvalue weighted by atomic mass is 9.84. The molecule has 2 aliphatic rings. The predicted molar refractivity (Wildman–Crippen MR) is 100 cm³/mol. The summed E-state index contributed by atoms with van der Waals surface area (Å²) in [5, 5.41) is 17.7. The van der Waals surface area contributed by atoms with Crippen LogP contribution in [0.1, 0.15) is 29.5 Å². The van der Waals surface area contributed by atoms with Gasteiger partial charge in [-0.3, -0.25) is 0 Å². The third kappa shape index (κ3) is 3.54. The molecule has 3 N–H and O–H groups in total. The number of likely N-dealkylation sites (tertiary alicyclic amines) is 1. The number of piperidine rings is 1. The molecule has 4 rings (SSSR count). The number of hydrogen-bond donors (Lipinski definition) is 3. The number of aromatic nitrogens is 1. The van der Waals surface area contributed by atoms with Crippen molar-refractivity contribution in [3.05, 3.63) is 53.2 Å². The van der Waals surface area contributed by atoms with Crippen LogP contribution in [0.15, 0.2) is 36.5 Å². The SMILES string of the molecule is CN1CCC(O)(c2ccc(Nc3cc4c(cn3)CCNC4)cc2)CC1. The van der Waals surface area contributed by atoms with Crippen molar-refractivity contribution in [2.24, 2.45) is 0 Å². The van der Waals surface area contributed by atoms with Crippen LogP contribution in [0.4, 0.5) is 11.5 Å². The highest BCUT2D eigenvalue weighted by Crippen LogP contribution is 2.33. The second-order valence-electron chi connectivity index (χ2n) is 7.30. The lowest BCUT2D eigenvalue weighted by Gasteiger charge is -2.37. The first-order valence-electron chi connectivity index (χ1n) is 9.09. The minimum Gasteiger partial charge on any atom is -0.385 e. The highest BCUT2D eigenvalue weighted by Gasteiger charge is 2.32. The Bertz CT molecular complexity index is 736. The molecule has 0 spiro atoms. The molecule has 0 radical (unpaired) electrons. The molecule has 2 aliphatic heterocycles. The van der Waals surface area contributed by atoms with E-state index in [2.05, 4.69) is 33.6 Å². The van der Waals surface area contributed by atoms with Crippen LogP contribution >= 0.6 is 0 Å². The smallest absolute Gasteiger partial charge is 0.130 e. The first-order valence-corrected chi connectivity index (χ1v) is 9.09. The first kappa shape index (κ1) is 16.5. The zero-order valence-electron chi connectivity index (χ0n) is 14.8. The monoisotopic (exact) mass is 338 g/mol. The number of pyridine rings is 1. The van der Waals surface area contributed by atoms with E-state index in [0.29, 0.717) is 0 Å². The second kappa shape index (κ2) is 6.75. The average Bonchev–Trinajstić information content (AvgIpc) is 2.65. The molecular weight excluding hydrogens is 312 g/mol. The maximum Gasteiger partial charge on any atom is 0.130 e. The van der Waals surface area contributed by atoms with Gasteiger partial charge in [0.2, 0.25) is 0 Å². The first-order chi connectivity index (χ1) is 12.1. The molecular formula is C20H26N4O. The van der Waals surface area contributed by atoms with E-state index in [0.717, 1.165) is 62.5 Å². The molecule has 0 atom stereocenters. The quantitative estimate of drug-likeness (QED) is 0.802. The molecule has 3 heterocycles. The van der Waals surface area contributed by atoms with Gasteiger partial charge in [0.15, 0.2) is 0 Å². The number of aliphatic hydroxyl groups is 1. The van der Waals surface area contributed by atoms with Crippen LogP contribution in [0.2, 0.25) is 0 Å². The molecule has 1 aromatic heterocycles. The fourth-order valence-corrected chi connectivity index (χ4v) is 3.72. The predicted octanol–water partition coefficient (Wildman–Crippen LogP) is 2.38. The third-order valence-corrected chi connectivity index (χ3v) is 5.48. The minimum atomic E-state index is -0.694. The van der Waals surface area contributed by atoms with Gasteiger partial charge in [-0.2, -0.15) is 0 Å². The van der Waals surface area contributed by atoms with Crippen LogP contribution < -0.4 is 10.6 Å². The third-order valence-electron chi connectivity index (χ3n) is 5.48. The van der Waals surface area contributed by atoms with Crippen LogP contribution in [-0.4, -0.2) is 41.7 Å². The summed E-state index contributed by atoms with van der Waals surface area (Å²) in [7, 11) is 2.10. The van der Waals surface area contributed by atoms with Crippen molar-refractivity contribution < 1.29 is 5.11 Å². The summed E-state index contributed by atoms with van der Waals surface area (Å²) in [4.78, 5) is 6.79. The van der Waals surface area contributed by atoms with Gasteiger partial charge in [-0.25, -0.2) is 4.98 Å². The molecule has 0 amide bonds. The number of rotatable bonds is 3. The number of nitrogens with one attached hydrogen (secondary N) is 2. The van der Waals surface area contributed by atoms with E-state index in [-0.39, 0.29) is 0 Å². The van der Waals surface area contributed by atoms with Gasteiger partial charge in [0.05, 0.1) is 5.60 Å². The largest absolute Gasteiger partial charge is 0.385 e. The molecule has 5 nitrogen and oxygen atoms in total. The Morgan fingerprint density at radius 3 is 2.68 bits per heavy atom. The lowest BCUT2D eigenvalue weighted by Crippen LogP contribution is -2.40. The van der Waals surface area contributed by atoms with Crippen molar-refractivity contribution in [1.29, 1.82) is 0 Å². The van der Waals surface area contributed by atoms with Crippen molar-refractivity contribution in [3.63, 3.8) is 0 Å². The van der Waals surface area contributed by atoms with E-state index in [1.807, 2.05) is 30.5 Å². The maximum absolute atomic E-state index is 10.9. The number of fused-ring (bicyclic) bond motifs is 1. The topological polar surface area (TPSA) is 60.4 Å². The summed E-state index contributed by atoms with van der Waals surface area (Å²) in [5.74, 6) is 0.869. The van der Waals surface area contributed by atoms with Gasteiger partial charge in [-0.15, -0.1) is 0 Å². The zero-order chi connectivity index (χ0) is 17.3. The molecule has 1 fully saturated rings. The number of nitrogens with zero attached hydrogens (tertiary/aromatic N) is 2. The summed E-state index contributed by atoms with van der Waals surface area (Å²) in [6.07, 6.45) is 4.60.